The van der Waals surface area contributed by atoms with Crippen molar-refractivity contribution in [2.75, 3.05) is 6.61 Å². The molecule has 4 heteroatoms. The van der Waals surface area contributed by atoms with Crippen LogP contribution < -0.4 is 5.32 Å². The number of aromatic nitrogens is 1. The first-order chi connectivity index (χ1) is 10.2. The molecule has 0 aliphatic heterocycles. The summed E-state index contributed by atoms with van der Waals surface area (Å²) in [4.78, 5) is 16.4. The van der Waals surface area contributed by atoms with Gasteiger partial charge in [0.1, 0.15) is 0 Å². The maximum Gasteiger partial charge on any atom is 0.251 e. The highest BCUT2D eigenvalue weighted by molar-refractivity contribution is 5.94. The highest BCUT2D eigenvalue weighted by atomic mass is 16.3. The predicted molar refractivity (Wildman–Crippen MR) is 82.9 cm³/mol. The molecule has 110 valence electrons. The van der Waals surface area contributed by atoms with E-state index in [0.717, 1.165) is 17.7 Å². The molecule has 1 aromatic heterocycles. The fraction of sp³-hybridized carbons (Fsp3) is 0.294. The van der Waals surface area contributed by atoms with Crippen molar-refractivity contribution < 1.29 is 9.90 Å². The molecule has 0 aliphatic rings. The summed E-state index contributed by atoms with van der Waals surface area (Å²) in [5, 5.41) is 11.7. The van der Waals surface area contributed by atoms with Gasteiger partial charge in [0, 0.05) is 30.0 Å². The van der Waals surface area contributed by atoms with Crippen molar-refractivity contribution in [2.24, 2.45) is 0 Å². The standard InChI is InChI=1S/C17H20N2O2/c1-13(5-4-12-20)19-17(21)15-9-7-14(8-10-15)16-6-2-3-11-18-16/h2-3,6-11,13,20H,4-5,12H2,1H3,(H,19,21). The van der Waals surface area contributed by atoms with E-state index in [4.69, 9.17) is 5.11 Å². The van der Waals surface area contributed by atoms with Gasteiger partial charge in [0.15, 0.2) is 0 Å². The van der Waals surface area contributed by atoms with Crippen LogP contribution in [0.1, 0.15) is 30.1 Å². The fourth-order valence-electron chi connectivity index (χ4n) is 2.10. The Kier molecular flexibility index (Phi) is 5.46. The highest BCUT2D eigenvalue weighted by Gasteiger charge is 2.09. The van der Waals surface area contributed by atoms with Crippen molar-refractivity contribution >= 4 is 5.91 Å². The topological polar surface area (TPSA) is 62.2 Å². The Morgan fingerprint density at radius 1 is 1.24 bits per heavy atom. The lowest BCUT2D eigenvalue weighted by molar-refractivity contribution is 0.0936. The Hall–Kier alpha value is -2.20. The molecule has 1 atom stereocenters. The van der Waals surface area contributed by atoms with Crippen LogP contribution in [0.25, 0.3) is 11.3 Å². The van der Waals surface area contributed by atoms with E-state index >= 15 is 0 Å². The average molecular weight is 284 g/mol. The van der Waals surface area contributed by atoms with Gasteiger partial charge in [-0.3, -0.25) is 9.78 Å². The van der Waals surface area contributed by atoms with E-state index in [1.54, 1.807) is 18.3 Å². The van der Waals surface area contributed by atoms with Gasteiger partial charge in [-0.25, -0.2) is 0 Å². The number of carbonyl (C=O) groups is 1. The number of aliphatic hydroxyl groups excluding tert-OH is 1. The van der Waals surface area contributed by atoms with E-state index in [-0.39, 0.29) is 18.6 Å². The lowest BCUT2D eigenvalue weighted by Crippen LogP contribution is -2.32. The summed E-state index contributed by atoms with van der Waals surface area (Å²) in [6.07, 6.45) is 3.22. The van der Waals surface area contributed by atoms with Crippen LogP contribution in [0.3, 0.4) is 0 Å². The smallest absolute Gasteiger partial charge is 0.251 e. The van der Waals surface area contributed by atoms with Gasteiger partial charge in [-0.05, 0) is 44.0 Å². The molecule has 1 amide bonds. The Morgan fingerprint density at radius 2 is 2.00 bits per heavy atom. The van der Waals surface area contributed by atoms with Gasteiger partial charge in [-0.2, -0.15) is 0 Å². The summed E-state index contributed by atoms with van der Waals surface area (Å²) >= 11 is 0. The molecule has 21 heavy (non-hydrogen) atoms. The van der Waals surface area contributed by atoms with Crippen molar-refractivity contribution in [3.8, 4) is 11.3 Å². The molecule has 0 spiro atoms. The van der Waals surface area contributed by atoms with Gasteiger partial charge in [-0.15, -0.1) is 0 Å². The van der Waals surface area contributed by atoms with Gasteiger partial charge >= 0.3 is 0 Å². The Morgan fingerprint density at radius 3 is 2.62 bits per heavy atom. The molecule has 0 radical (unpaired) electrons. The number of aliphatic hydroxyl groups is 1. The van der Waals surface area contributed by atoms with E-state index in [9.17, 15) is 4.79 Å². The molecule has 0 saturated heterocycles. The Labute approximate surface area is 124 Å². The van der Waals surface area contributed by atoms with Crippen LogP contribution in [0.5, 0.6) is 0 Å². The van der Waals surface area contributed by atoms with Crippen LogP contribution in [0.15, 0.2) is 48.7 Å². The largest absolute Gasteiger partial charge is 0.396 e. The molecule has 2 rings (SSSR count). The van der Waals surface area contributed by atoms with Gasteiger partial charge in [-0.1, -0.05) is 18.2 Å². The summed E-state index contributed by atoms with van der Waals surface area (Å²) < 4.78 is 0. The quantitative estimate of drug-likeness (QED) is 0.857. The zero-order valence-corrected chi connectivity index (χ0v) is 12.1. The van der Waals surface area contributed by atoms with Crippen molar-refractivity contribution in [3.63, 3.8) is 0 Å². The van der Waals surface area contributed by atoms with Crippen LogP contribution in [0.2, 0.25) is 0 Å². The van der Waals surface area contributed by atoms with Crippen LogP contribution in [-0.4, -0.2) is 28.6 Å². The molecule has 0 saturated carbocycles. The second-order valence-corrected chi connectivity index (χ2v) is 5.03. The molecule has 2 aromatic rings. The molecular formula is C17H20N2O2. The van der Waals surface area contributed by atoms with E-state index in [1.807, 2.05) is 37.3 Å². The lowest BCUT2D eigenvalue weighted by Gasteiger charge is -2.13. The number of carbonyl (C=O) groups excluding carboxylic acids is 1. The molecule has 1 unspecified atom stereocenters. The molecule has 4 nitrogen and oxygen atoms in total. The first kappa shape index (κ1) is 15.2. The summed E-state index contributed by atoms with van der Waals surface area (Å²) in [6.45, 7) is 2.09. The van der Waals surface area contributed by atoms with Crippen LogP contribution >= 0.6 is 0 Å². The van der Waals surface area contributed by atoms with Gasteiger partial charge in [0.2, 0.25) is 0 Å². The molecule has 0 fully saturated rings. The molecular weight excluding hydrogens is 264 g/mol. The molecule has 1 aromatic carbocycles. The van der Waals surface area contributed by atoms with Crippen LogP contribution in [-0.2, 0) is 0 Å². The van der Waals surface area contributed by atoms with Gasteiger partial charge < -0.3 is 10.4 Å². The van der Waals surface area contributed by atoms with E-state index in [1.165, 1.54) is 0 Å². The normalized spacial score (nSPS) is 11.9. The molecule has 0 bridgehead atoms. The number of pyridine rings is 1. The van der Waals surface area contributed by atoms with Gasteiger partial charge in [0.25, 0.3) is 5.91 Å². The van der Waals surface area contributed by atoms with E-state index < -0.39 is 0 Å². The predicted octanol–water partition coefficient (Wildman–Crippen LogP) is 2.64. The van der Waals surface area contributed by atoms with Crippen LogP contribution in [0, 0.1) is 0 Å². The average Bonchev–Trinajstić information content (AvgIpc) is 2.54. The number of hydrogen-bond donors (Lipinski definition) is 2. The van der Waals surface area contributed by atoms with Crippen LogP contribution in [0.4, 0.5) is 0 Å². The number of benzene rings is 1. The number of rotatable bonds is 6. The maximum absolute atomic E-state index is 12.1. The fourth-order valence-corrected chi connectivity index (χ4v) is 2.10. The van der Waals surface area contributed by atoms with E-state index in [2.05, 4.69) is 10.3 Å². The second kappa shape index (κ2) is 7.55. The maximum atomic E-state index is 12.1. The third kappa shape index (κ3) is 4.39. The minimum Gasteiger partial charge on any atom is -0.396 e. The SMILES string of the molecule is CC(CCCO)NC(=O)c1ccc(-c2ccccn2)cc1. The van der Waals surface area contributed by atoms with E-state index in [0.29, 0.717) is 12.0 Å². The van der Waals surface area contributed by atoms with Crippen molar-refractivity contribution in [3.05, 3.63) is 54.2 Å². The zero-order valence-electron chi connectivity index (χ0n) is 12.1. The minimum absolute atomic E-state index is 0.0557. The zero-order chi connectivity index (χ0) is 15.1. The number of nitrogens with one attached hydrogen (secondary N) is 1. The van der Waals surface area contributed by atoms with Crippen molar-refractivity contribution in [2.45, 2.75) is 25.8 Å². The first-order valence-electron chi connectivity index (χ1n) is 7.14. The third-order valence-electron chi connectivity index (χ3n) is 3.28. The number of nitrogens with zero attached hydrogens (tertiary/aromatic N) is 1. The molecule has 2 N–H and O–H groups in total. The highest BCUT2D eigenvalue weighted by Crippen LogP contribution is 2.16. The summed E-state index contributed by atoms with van der Waals surface area (Å²) in [7, 11) is 0. The Bertz CT molecular complexity index is 567. The monoisotopic (exact) mass is 284 g/mol. The van der Waals surface area contributed by atoms with Crippen molar-refractivity contribution in [1.29, 1.82) is 0 Å². The summed E-state index contributed by atoms with van der Waals surface area (Å²) in [6, 6.07) is 13.2. The lowest BCUT2D eigenvalue weighted by atomic mass is 10.1. The minimum atomic E-state index is -0.0898. The molecule has 1 heterocycles. The third-order valence-corrected chi connectivity index (χ3v) is 3.28. The Balaban J connectivity index is 2.00. The van der Waals surface area contributed by atoms with Crippen molar-refractivity contribution in [1.82, 2.24) is 10.3 Å². The molecule has 0 aliphatic carbocycles. The number of hydrogen-bond acceptors (Lipinski definition) is 3. The van der Waals surface area contributed by atoms with Gasteiger partial charge in [0.05, 0.1) is 5.69 Å². The first-order valence-corrected chi connectivity index (χ1v) is 7.14. The summed E-state index contributed by atoms with van der Waals surface area (Å²) in [5.74, 6) is -0.0898. The second-order valence-electron chi connectivity index (χ2n) is 5.03. The number of amides is 1. The summed E-state index contributed by atoms with van der Waals surface area (Å²) in [5.41, 5.74) is 2.51.